The smallest absolute Gasteiger partial charge is 0.682 e. The van der Waals surface area contributed by atoms with Gasteiger partial charge >= 0.3 is 20.1 Å². The van der Waals surface area contributed by atoms with E-state index in [4.69, 9.17) is 5.11 Å². The summed E-state index contributed by atoms with van der Waals surface area (Å²) < 4.78 is 0. The summed E-state index contributed by atoms with van der Waals surface area (Å²) in [5.74, 6) is -0.0625. The zero-order chi connectivity index (χ0) is 35.7. The third-order valence-electron chi connectivity index (χ3n) is 8.23. The van der Waals surface area contributed by atoms with Crippen molar-refractivity contribution < 1.29 is 30.0 Å². The predicted octanol–water partition coefficient (Wildman–Crippen LogP) is 10.1. The minimum absolute atomic E-state index is 0. The van der Waals surface area contributed by atoms with Crippen molar-refractivity contribution in [2.75, 3.05) is 0 Å². The summed E-state index contributed by atoms with van der Waals surface area (Å²) in [6.45, 7) is 11.6. The molecule has 5 aromatic carbocycles. The number of aromatic nitrogens is 1. The standard InChI is InChI=1S/C21H20N.C20H15N.C5H8O2.Ir/c1-21(2,3)19-12-13-20(22-15-19)18-11-7-10-17(14-18)16-8-5-4-6-9-16;1-14-5-4-7-16(11-14)20-12-19-17(13-21-20)10-9-15-6-2-3-8-18(15)19;1-4(6)3-5(2)7;/h4-10,12-15H,1-3H3;2-6,8-13,20H,1H3;3,6H,1-2H3;/q-1;-2;;+3/b;;4-3-;. The van der Waals surface area contributed by atoms with Crippen LogP contribution in [0.1, 0.15) is 57.4 Å². The van der Waals surface area contributed by atoms with Crippen molar-refractivity contribution in [2.24, 2.45) is 0 Å². The van der Waals surface area contributed by atoms with Crippen LogP contribution in [0.3, 0.4) is 0 Å². The summed E-state index contributed by atoms with van der Waals surface area (Å²) in [7, 11) is 0. The van der Waals surface area contributed by atoms with Crippen molar-refractivity contribution in [1.82, 2.24) is 4.98 Å². The van der Waals surface area contributed by atoms with Crippen LogP contribution in [0.5, 0.6) is 0 Å². The Hall–Kier alpha value is -5.09. The first-order valence-electron chi connectivity index (χ1n) is 16.8. The van der Waals surface area contributed by atoms with Crippen molar-refractivity contribution in [3.05, 3.63) is 178 Å². The van der Waals surface area contributed by atoms with Gasteiger partial charge in [0.2, 0.25) is 0 Å². The number of nitrogens with zero attached hydrogens (tertiary/aromatic N) is 2. The Balaban J connectivity index is 0.000000191. The molecule has 1 unspecified atom stereocenters. The van der Waals surface area contributed by atoms with Crippen molar-refractivity contribution in [2.45, 2.75) is 53.0 Å². The molecule has 4 nitrogen and oxygen atoms in total. The summed E-state index contributed by atoms with van der Waals surface area (Å²) >= 11 is 0. The number of pyridine rings is 1. The zero-order valence-electron chi connectivity index (χ0n) is 29.9. The van der Waals surface area contributed by atoms with E-state index in [1.54, 1.807) is 0 Å². The van der Waals surface area contributed by atoms with Gasteiger partial charge in [-0.05, 0) is 57.3 Å². The predicted molar refractivity (Wildman–Crippen MR) is 208 cm³/mol. The number of aliphatic hydroxyl groups is 1. The molecular weight excluding hydrogens is 805 g/mol. The SMILES string of the molecule is CC(=O)/C=C(/C)O.CC(C)(C)c1ccc(-c2[c-]ccc(-c3ccccc3)c2)nc1.Cc1cc[c-]c(C2C=c3c(ccc4ccccc34)=C[N-]2)c1.[Ir+3]. The van der Waals surface area contributed by atoms with E-state index in [9.17, 15) is 4.79 Å². The quantitative estimate of drug-likeness (QED) is 0.109. The number of ketones is 1. The van der Waals surface area contributed by atoms with Gasteiger partial charge in [-0.15, -0.1) is 35.4 Å². The first kappa shape index (κ1) is 38.7. The van der Waals surface area contributed by atoms with E-state index in [2.05, 4.69) is 153 Å². The number of carbonyl (C=O) groups excluding carboxylic acids is 1. The number of aliphatic hydroxyl groups excluding tert-OH is 1. The summed E-state index contributed by atoms with van der Waals surface area (Å²) in [5.41, 5.74) is 8.14. The average Bonchev–Trinajstić information content (AvgIpc) is 3.11. The molecule has 0 saturated heterocycles. The number of hydrogen-bond acceptors (Lipinski definition) is 3. The second kappa shape index (κ2) is 17.7. The number of benzene rings is 5. The molecule has 1 N–H and O–H groups in total. The summed E-state index contributed by atoms with van der Waals surface area (Å²) in [5, 5.41) is 18.1. The number of carbonyl (C=O) groups is 1. The second-order valence-corrected chi connectivity index (χ2v) is 13.4. The van der Waals surface area contributed by atoms with Crippen LogP contribution < -0.4 is 10.4 Å². The largest absolute Gasteiger partial charge is 3.00 e. The monoisotopic (exact) mass is 848 g/mol. The molecule has 0 saturated carbocycles. The van der Waals surface area contributed by atoms with Gasteiger partial charge in [0.25, 0.3) is 0 Å². The Bertz CT molecular complexity index is 2230. The third-order valence-corrected chi connectivity index (χ3v) is 8.23. The van der Waals surface area contributed by atoms with Crippen LogP contribution in [-0.4, -0.2) is 15.9 Å². The number of fused-ring (bicyclic) bond motifs is 3. The molecule has 1 atom stereocenters. The minimum atomic E-state index is -0.125. The molecule has 0 bridgehead atoms. The van der Waals surface area contributed by atoms with Gasteiger partial charge in [-0.2, -0.15) is 41.6 Å². The molecule has 51 heavy (non-hydrogen) atoms. The third kappa shape index (κ3) is 10.7. The van der Waals surface area contributed by atoms with Crippen molar-refractivity contribution in [3.8, 4) is 22.4 Å². The minimum Gasteiger partial charge on any atom is -0.682 e. The Kier molecular flexibility index (Phi) is 13.4. The van der Waals surface area contributed by atoms with Gasteiger partial charge in [0.05, 0.1) is 5.76 Å². The molecule has 7 rings (SSSR count). The second-order valence-electron chi connectivity index (χ2n) is 13.4. The Morgan fingerprint density at radius 2 is 1.57 bits per heavy atom. The fourth-order valence-corrected chi connectivity index (χ4v) is 5.63. The topological polar surface area (TPSA) is 64.3 Å². The van der Waals surface area contributed by atoms with Crippen LogP contribution in [0, 0.1) is 19.1 Å². The van der Waals surface area contributed by atoms with Gasteiger partial charge in [0, 0.05) is 12.3 Å². The maximum atomic E-state index is 10.0. The molecule has 0 radical (unpaired) electrons. The molecule has 0 fully saturated rings. The number of allylic oxidation sites excluding steroid dienone is 2. The average molecular weight is 848 g/mol. The molecular formula is C46H43IrN2O2. The fourth-order valence-electron chi connectivity index (χ4n) is 5.63. The van der Waals surface area contributed by atoms with Crippen LogP contribution >= 0.6 is 0 Å². The molecule has 0 aliphatic carbocycles. The van der Waals surface area contributed by atoms with Crippen molar-refractivity contribution in [3.63, 3.8) is 0 Å². The molecule has 5 heteroatoms. The van der Waals surface area contributed by atoms with Gasteiger partial charge in [0.15, 0.2) is 5.78 Å². The Labute approximate surface area is 315 Å². The van der Waals surface area contributed by atoms with Gasteiger partial charge in [-0.25, -0.2) is 0 Å². The van der Waals surface area contributed by atoms with Crippen molar-refractivity contribution >= 4 is 28.8 Å². The Morgan fingerprint density at radius 3 is 2.22 bits per heavy atom. The van der Waals surface area contributed by atoms with E-state index in [0.29, 0.717) is 0 Å². The summed E-state index contributed by atoms with van der Waals surface area (Å²) in [6, 6.07) is 46.5. The Morgan fingerprint density at radius 1 is 0.843 bits per heavy atom. The summed E-state index contributed by atoms with van der Waals surface area (Å²) in [4.78, 5) is 14.6. The van der Waals surface area contributed by atoms with Gasteiger partial charge in [-0.3, -0.25) is 4.79 Å². The molecule has 258 valence electrons. The van der Waals surface area contributed by atoms with Crippen LogP contribution in [-0.2, 0) is 30.3 Å². The van der Waals surface area contributed by atoms with E-state index < -0.39 is 0 Å². The summed E-state index contributed by atoms with van der Waals surface area (Å²) in [6.07, 6.45) is 7.38. The molecule has 0 amide bonds. The van der Waals surface area contributed by atoms with E-state index >= 15 is 0 Å². The van der Waals surface area contributed by atoms with Crippen molar-refractivity contribution in [1.29, 1.82) is 0 Å². The van der Waals surface area contributed by atoms with Crippen LogP contribution in [0.25, 0.3) is 50.7 Å². The van der Waals surface area contributed by atoms with Crippen LogP contribution in [0.4, 0.5) is 0 Å². The van der Waals surface area contributed by atoms with E-state index in [-0.39, 0.29) is 43.1 Å². The van der Waals surface area contributed by atoms with Gasteiger partial charge in [-0.1, -0.05) is 119 Å². The van der Waals surface area contributed by atoms with Crippen LogP contribution in [0.15, 0.2) is 133 Å². The zero-order valence-corrected chi connectivity index (χ0v) is 32.3. The first-order valence-corrected chi connectivity index (χ1v) is 16.8. The molecule has 0 spiro atoms. The maximum Gasteiger partial charge on any atom is 3.00 e. The fraction of sp³-hybridized carbons (Fsp3) is 0.174. The van der Waals surface area contributed by atoms with E-state index in [0.717, 1.165) is 16.8 Å². The first-order chi connectivity index (χ1) is 24.0. The normalized spacial score (nSPS) is 13.3. The number of rotatable bonds is 4. The maximum absolute atomic E-state index is 10.0. The van der Waals surface area contributed by atoms with Gasteiger partial charge in [0.1, 0.15) is 0 Å². The molecule has 2 heterocycles. The van der Waals surface area contributed by atoms with Gasteiger partial charge < -0.3 is 15.4 Å². The molecule has 6 aromatic rings. The van der Waals surface area contributed by atoms with Crippen LogP contribution in [0.2, 0.25) is 0 Å². The molecule has 1 aliphatic heterocycles. The number of hydrogen-bond donors (Lipinski definition) is 1. The number of aryl methyl sites for hydroxylation is 1. The molecule has 1 aromatic heterocycles. The van der Waals surface area contributed by atoms with E-state index in [1.165, 1.54) is 63.4 Å². The molecule has 1 aliphatic rings. The van der Waals surface area contributed by atoms with E-state index in [1.807, 2.05) is 30.6 Å².